The van der Waals surface area contributed by atoms with Crippen molar-refractivity contribution >= 4 is 11.6 Å². The summed E-state index contributed by atoms with van der Waals surface area (Å²) >= 11 is 0. The molecule has 2 aromatic carbocycles. The van der Waals surface area contributed by atoms with Gasteiger partial charge >= 0.3 is 0 Å². The van der Waals surface area contributed by atoms with Crippen LogP contribution in [0.4, 0.5) is 5.69 Å². The molecule has 1 saturated heterocycles. The third-order valence-electron chi connectivity index (χ3n) is 6.46. The predicted octanol–water partition coefficient (Wildman–Crippen LogP) is 3.66. The number of amides is 1. The highest BCUT2D eigenvalue weighted by atomic mass is 16.5. The molecule has 2 fully saturated rings. The second-order valence-electron chi connectivity index (χ2n) is 8.41. The number of anilines is 1. The zero-order valence-electron chi connectivity index (χ0n) is 17.9. The Morgan fingerprint density at radius 3 is 2.37 bits per heavy atom. The molecule has 1 saturated carbocycles. The van der Waals surface area contributed by atoms with E-state index < -0.39 is 0 Å². The highest BCUT2D eigenvalue weighted by Gasteiger charge is 2.28. The Morgan fingerprint density at radius 2 is 1.67 bits per heavy atom. The van der Waals surface area contributed by atoms with E-state index in [4.69, 9.17) is 4.74 Å². The predicted molar refractivity (Wildman–Crippen MR) is 121 cm³/mol. The lowest BCUT2D eigenvalue weighted by Gasteiger charge is -2.38. The highest BCUT2D eigenvalue weighted by molar-refractivity contribution is 5.84. The third-order valence-corrected chi connectivity index (χ3v) is 6.46. The van der Waals surface area contributed by atoms with Crippen molar-refractivity contribution in [2.75, 3.05) is 44.7 Å². The molecule has 1 unspecified atom stereocenters. The van der Waals surface area contributed by atoms with Crippen LogP contribution in [0.3, 0.4) is 0 Å². The van der Waals surface area contributed by atoms with Gasteiger partial charge in [-0.3, -0.25) is 9.69 Å². The number of benzene rings is 2. The molecule has 1 atom stereocenters. The molecule has 0 bridgehead atoms. The van der Waals surface area contributed by atoms with Gasteiger partial charge < -0.3 is 15.0 Å². The largest absolute Gasteiger partial charge is 0.495 e. The fraction of sp³-hybridized carbons (Fsp3) is 0.480. The van der Waals surface area contributed by atoms with E-state index in [9.17, 15) is 4.79 Å². The molecule has 0 spiro atoms. The monoisotopic (exact) mass is 407 g/mol. The van der Waals surface area contributed by atoms with Gasteiger partial charge in [0.05, 0.1) is 18.7 Å². The van der Waals surface area contributed by atoms with Crippen LogP contribution in [0.15, 0.2) is 54.6 Å². The molecular weight excluding hydrogens is 374 g/mol. The number of para-hydroxylation sites is 2. The van der Waals surface area contributed by atoms with Gasteiger partial charge in [-0.05, 0) is 30.5 Å². The maximum absolute atomic E-state index is 13.2. The average molecular weight is 408 g/mol. The maximum Gasteiger partial charge on any atom is 0.229 e. The van der Waals surface area contributed by atoms with Crippen molar-refractivity contribution in [1.82, 2.24) is 10.2 Å². The number of hydrogen-bond donors (Lipinski definition) is 1. The van der Waals surface area contributed by atoms with Crippen LogP contribution >= 0.6 is 0 Å². The first kappa shape index (κ1) is 20.7. The van der Waals surface area contributed by atoms with Crippen LogP contribution in [0.25, 0.3) is 0 Å². The van der Waals surface area contributed by atoms with Gasteiger partial charge in [-0.1, -0.05) is 55.3 Å². The summed E-state index contributed by atoms with van der Waals surface area (Å²) < 4.78 is 5.53. The van der Waals surface area contributed by atoms with Gasteiger partial charge in [-0.25, -0.2) is 0 Å². The summed E-state index contributed by atoms with van der Waals surface area (Å²) in [6.07, 6.45) is 4.69. The quantitative estimate of drug-likeness (QED) is 0.761. The van der Waals surface area contributed by atoms with Gasteiger partial charge in [0.25, 0.3) is 0 Å². The van der Waals surface area contributed by atoms with Gasteiger partial charge in [0.2, 0.25) is 5.91 Å². The summed E-state index contributed by atoms with van der Waals surface area (Å²) in [5.41, 5.74) is 2.26. The van der Waals surface area contributed by atoms with E-state index in [0.29, 0.717) is 6.04 Å². The van der Waals surface area contributed by atoms with Gasteiger partial charge in [0.15, 0.2) is 0 Å². The molecule has 1 aliphatic heterocycles. The molecule has 1 amide bonds. The lowest BCUT2D eigenvalue weighted by molar-refractivity contribution is -0.123. The summed E-state index contributed by atoms with van der Waals surface area (Å²) in [7, 11) is 1.72. The molecule has 1 N–H and O–H groups in total. The minimum Gasteiger partial charge on any atom is -0.495 e. The zero-order chi connectivity index (χ0) is 20.8. The van der Waals surface area contributed by atoms with Gasteiger partial charge in [-0.15, -0.1) is 0 Å². The lowest BCUT2D eigenvalue weighted by atomic mass is 9.96. The van der Waals surface area contributed by atoms with E-state index in [1.165, 1.54) is 12.8 Å². The fourth-order valence-corrected chi connectivity index (χ4v) is 4.72. The second kappa shape index (κ2) is 9.98. The Kier molecular flexibility index (Phi) is 6.90. The normalized spacial score (nSPS) is 18.9. The van der Waals surface area contributed by atoms with E-state index in [1.807, 2.05) is 30.3 Å². The van der Waals surface area contributed by atoms with Crippen molar-refractivity contribution in [2.24, 2.45) is 0 Å². The minimum atomic E-state index is -0.121. The molecule has 2 aromatic rings. The van der Waals surface area contributed by atoms with E-state index in [0.717, 1.165) is 62.6 Å². The van der Waals surface area contributed by atoms with Crippen molar-refractivity contribution in [3.8, 4) is 5.75 Å². The molecule has 0 radical (unpaired) electrons. The zero-order valence-corrected chi connectivity index (χ0v) is 17.9. The van der Waals surface area contributed by atoms with Crippen LogP contribution < -0.4 is 15.0 Å². The number of methoxy groups -OCH3 is 1. The molecule has 30 heavy (non-hydrogen) atoms. The molecule has 1 aliphatic carbocycles. The first-order valence-corrected chi connectivity index (χ1v) is 11.2. The van der Waals surface area contributed by atoms with Crippen molar-refractivity contribution in [2.45, 2.75) is 37.6 Å². The van der Waals surface area contributed by atoms with Gasteiger partial charge in [0, 0.05) is 38.8 Å². The van der Waals surface area contributed by atoms with Crippen LogP contribution in [-0.4, -0.2) is 56.7 Å². The third kappa shape index (κ3) is 4.96. The maximum atomic E-state index is 13.2. The van der Waals surface area contributed by atoms with E-state index in [-0.39, 0.29) is 11.8 Å². The number of ether oxygens (including phenoxy) is 1. The highest BCUT2D eigenvalue weighted by Crippen LogP contribution is 2.29. The molecule has 1 heterocycles. The number of carbonyl (C=O) groups is 1. The van der Waals surface area contributed by atoms with Crippen LogP contribution in [0.5, 0.6) is 5.75 Å². The number of hydrogen-bond acceptors (Lipinski definition) is 4. The van der Waals surface area contributed by atoms with Crippen molar-refractivity contribution in [3.63, 3.8) is 0 Å². The van der Waals surface area contributed by atoms with Crippen molar-refractivity contribution < 1.29 is 9.53 Å². The first-order chi connectivity index (χ1) is 14.7. The summed E-state index contributed by atoms with van der Waals surface area (Å²) in [6, 6.07) is 18.8. The van der Waals surface area contributed by atoms with Crippen molar-refractivity contribution in [3.05, 3.63) is 60.2 Å². The van der Waals surface area contributed by atoms with Crippen LogP contribution in [0, 0.1) is 0 Å². The standard InChI is InChI=1S/C25H33N3O2/c1-30-24-14-8-7-13-23(24)28-17-15-27(16-18-28)19-22(20-9-3-2-4-10-20)25(29)26-21-11-5-6-12-21/h2-4,7-10,13-14,21-22H,5-6,11-12,15-19H2,1H3,(H,26,29). The van der Waals surface area contributed by atoms with E-state index in [1.54, 1.807) is 7.11 Å². The fourth-order valence-electron chi connectivity index (χ4n) is 4.72. The molecule has 0 aromatic heterocycles. The summed E-state index contributed by atoms with van der Waals surface area (Å²) in [5.74, 6) is 0.980. The smallest absolute Gasteiger partial charge is 0.229 e. The SMILES string of the molecule is COc1ccccc1N1CCN(CC(C(=O)NC2CCCC2)c2ccccc2)CC1. The number of carbonyl (C=O) groups excluding carboxylic acids is 1. The summed E-state index contributed by atoms with van der Waals surface area (Å²) in [6.45, 7) is 4.52. The Morgan fingerprint density at radius 1 is 1.00 bits per heavy atom. The average Bonchev–Trinajstić information content (AvgIpc) is 3.31. The van der Waals surface area contributed by atoms with Gasteiger partial charge in [0.1, 0.15) is 5.75 Å². The molecule has 5 nitrogen and oxygen atoms in total. The first-order valence-electron chi connectivity index (χ1n) is 11.2. The Hall–Kier alpha value is -2.53. The molecule has 2 aliphatic rings. The topological polar surface area (TPSA) is 44.8 Å². The van der Waals surface area contributed by atoms with Gasteiger partial charge in [-0.2, -0.15) is 0 Å². The second-order valence-corrected chi connectivity index (χ2v) is 8.41. The number of nitrogens with zero attached hydrogens (tertiary/aromatic N) is 2. The number of nitrogens with one attached hydrogen (secondary N) is 1. The molecular formula is C25H33N3O2. The van der Waals surface area contributed by atoms with Crippen molar-refractivity contribution in [1.29, 1.82) is 0 Å². The lowest BCUT2D eigenvalue weighted by Crippen LogP contribution is -2.49. The van der Waals surface area contributed by atoms with Crippen LogP contribution in [0.1, 0.15) is 37.2 Å². The van der Waals surface area contributed by atoms with E-state index >= 15 is 0 Å². The summed E-state index contributed by atoms with van der Waals surface area (Å²) in [4.78, 5) is 18.0. The van der Waals surface area contributed by atoms with E-state index in [2.05, 4.69) is 39.4 Å². The van der Waals surface area contributed by atoms with Crippen LogP contribution in [-0.2, 0) is 4.79 Å². The Labute approximate surface area is 180 Å². The van der Waals surface area contributed by atoms with Crippen LogP contribution in [0.2, 0.25) is 0 Å². The number of rotatable bonds is 7. The Balaban J connectivity index is 1.40. The minimum absolute atomic E-state index is 0.121. The Bertz CT molecular complexity index is 812. The molecule has 4 rings (SSSR count). The molecule has 160 valence electrons. The molecule has 5 heteroatoms. The summed E-state index contributed by atoms with van der Waals surface area (Å²) in [5, 5.41) is 3.32. The number of piperazine rings is 1.